The average molecular weight is 286 g/mol. The molecule has 4 nitrogen and oxygen atoms in total. The lowest BCUT2D eigenvalue weighted by molar-refractivity contribution is 0.0167. The summed E-state index contributed by atoms with van der Waals surface area (Å²) in [5, 5.41) is 14.9. The molecule has 0 amide bonds. The summed E-state index contributed by atoms with van der Waals surface area (Å²) >= 11 is 0. The highest BCUT2D eigenvalue weighted by molar-refractivity contribution is 5.91. The van der Waals surface area contributed by atoms with Crippen LogP contribution in [0.4, 0.5) is 5.69 Å². The Kier molecular flexibility index (Phi) is 3.72. The highest BCUT2D eigenvalue weighted by atomic mass is 16.3. The van der Waals surface area contributed by atoms with E-state index >= 15 is 0 Å². The number of pyridine rings is 1. The monoisotopic (exact) mass is 286 g/mol. The molecule has 2 aromatic rings. The minimum Gasteiger partial charge on any atom is -0.388 e. The first-order chi connectivity index (χ1) is 10.1. The van der Waals surface area contributed by atoms with E-state index in [0.29, 0.717) is 6.54 Å². The Morgan fingerprint density at radius 3 is 2.71 bits per heavy atom. The summed E-state index contributed by atoms with van der Waals surface area (Å²) in [6, 6.07) is 9.46. The number of rotatable bonds is 3. The van der Waals surface area contributed by atoms with E-state index in [1.807, 2.05) is 24.3 Å². The first-order valence-corrected chi connectivity index (χ1v) is 7.64. The summed E-state index contributed by atoms with van der Waals surface area (Å²) in [5.41, 5.74) is 1.04. The van der Waals surface area contributed by atoms with E-state index in [9.17, 15) is 9.90 Å². The zero-order valence-corrected chi connectivity index (χ0v) is 12.4. The number of hydrogen-bond acceptors (Lipinski definition) is 3. The Morgan fingerprint density at radius 2 is 1.95 bits per heavy atom. The second-order valence-electron chi connectivity index (χ2n) is 6.11. The Balaban J connectivity index is 1.90. The van der Waals surface area contributed by atoms with Crippen LogP contribution in [0.1, 0.15) is 32.1 Å². The third kappa shape index (κ3) is 2.81. The van der Waals surface area contributed by atoms with Crippen LogP contribution in [0.25, 0.3) is 10.9 Å². The number of aromatic nitrogens is 1. The standard InChI is InChI=1S/C17H22N2O2/c1-19-15-8-4-3-7-13(15)14(11-16(19)20)18-12-17(21)9-5-2-6-10-17/h3-4,7-8,11,18,21H,2,5-6,9-10,12H2,1H3. The molecule has 0 unspecified atom stereocenters. The molecule has 0 aliphatic heterocycles. The molecule has 3 rings (SSSR count). The predicted octanol–water partition coefficient (Wildman–Crippen LogP) is 2.65. The summed E-state index contributed by atoms with van der Waals surface area (Å²) in [4.78, 5) is 12.0. The summed E-state index contributed by atoms with van der Waals surface area (Å²) in [6.45, 7) is 0.504. The van der Waals surface area contributed by atoms with Crippen LogP contribution in [-0.4, -0.2) is 21.8 Å². The molecule has 0 saturated heterocycles. The van der Waals surface area contributed by atoms with Crippen molar-refractivity contribution in [1.82, 2.24) is 4.57 Å². The topological polar surface area (TPSA) is 54.3 Å². The predicted molar refractivity (Wildman–Crippen MR) is 85.7 cm³/mol. The molecule has 1 heterocycles. The van der Waals surface area contributed by atoms with Crippen LogP contribution in [0, 0.1) is 0 Å². The highest BCUT2D eigenvalue weighted by Gasteiger charge is 2.28. The van der Waals surface area contributed by atoms with E-state index in [1.54, 1.807) is 17.7 Å². The zero-order chi connectivity index (χ0) is 14.9. The van der Waals surface area contributed by atoms with Crippen molar-refractivity contribution in [2.45, 2.75) is 37.7 Å². The van der Waals surface area contributed by atoms with Crippen molar-refractivity contribution in [2.24, 2.45) is 7.05 Å². The van der Waals surface area contributed by atoms with E-state index in [2.05, 4.69) is 5.32 Å². The van der Waals surface area contributed by atoms with Gasteiger partial charge in [0, 0.05) is 30.7 Å². The van der Waals surface area contributed by atoms with Gasteiger partial charge in [0.2, 0.25) is 0 Å². The van der Waals surface area contributed by atoms with Crippen LogP contribution < -0.4 is 10.9 Å². The Labute approximate surface area is 124 Å². The smallest absolute Gasteiger partial charge is 0.252 e. The molecule has 1 aliphatic carbocycles. The van der Waals surface area contributed by atoms with Gasteiger partial charge >= 0.3 is 0 Å². The van der Waals surface area contributed by atoms with Crippen molar-refractivity contribution in [3.63, 3.8) is 0 Å². The molecule has 0 radical (unpaired) electrons. The lowest BCUT2D eigenvalue weighted by atomic mass is 9.85. The number of aliphatic hydroxyl groups is 1. The molecule has 21 heavy (non-hydrogen) atoms. The van der Waals surface area contributed by atoms with Crippen molar-refractivity contribution < 1.29 is 5.11 Å². The minimum atomic E-state index is -0.638. The normalized spacial score (nSPS) is 17.8. The first kappa shape index (κ1) is 14.1. The molecule has 0 bridgehead atoms. The number of hydrogen-bond donors (Lipinski definition) is 2. The number of nitrogens with one attached hydrogen (secondary N) is 1. The van der Waals surface area contributed by atoms with Crippen LogP contribution in [0.15, 0.2) is 35.1 Å². The van der Waals surface area contributed by atoms with Gasteiger partial charge in [-0.15, -0.1) is 0 Å². The van der Waals surface area contributed by atoms with Gasteiger partial charge < -0.3 is 15.0 Å². The molecule has 1 fully saturated rings. The number of fused-ring (bicyclic) bond motifs is 1. The van der Waals surface area contributed by atoms with Gasteiger partial charge in [0.15, 0.2) is 0 Å². The molecular weight excluding hydrogens is 264 g/mol. The fourth-order valence-electron chi connectivity index (χ4n) is 3.20. The largest absolute Gasteiger partial charge is 0.388 e. The summed E-state index contributed by atoms with van der Waals surface area (Å²) in [6.07, 6.45) is 5.04. The van der Waals surface area contributed by atoms with Gasteiger partial charge in [0.25, 0.3) is 5.56 Å². The van der Waals surface area contributed by atoms with Crippen molar-refractivity contribution >= 4 is 16.6 Å². The van der Waals surface area contributed by atoms with Crippen LogP contribution in [0.2, 0.25) is 0 Å². The van der Waals surface area contributed by atoms with Crippen LogP contribution in [0.5, 0.6) is 0 Å². The van der Waals surface area contributed by atoms with Crippen LogP contribution in [0.3, 0.4) is 0 Å². The van der Waals surface area contributed by atoms with E-state index in [4.69, 9.17) is 0 Å². The van der Waals surface area contributed by atoms with Gasteiger partial charge in [-0.1, -0.05) is 37.5 Å². The minimum absolute atomic E-state index is 0.0353. The fraction of sp³-hybridized carbons (Fsp3) is 0.471. The molecule has 4 heteroatoms. The average Bonchev–Trinajstić information content (AvgIpc) is 2.50. The summed E-state index contributed by atoms with van der Waals surface area (Å²) in [7, 11) is 1.78. The van der Waals surface area contributed by atoms with Gasteiger partial charge in [-0.25, -0.2) is 0 Å². The van der Waals surface area contributed by atoms with Crippen molar-refractivity contribution in [1.29, 1.82) is 0 Å². The van der Waals surface area contributed by atoms with E-state index in [1.165, 1.54) is 6.42 Å². The number of aryl methyl sites for hydroxylation is 1. The molecular formula is C17H22N2O2. The molecule has 1 aromatic heterocycles. The maximum Gasteiger partial charge on any atom is 0.252 e. The van der Waals surface area contributed by atoms with E-state index < -0.39 is 5.60 Å². The molecule has 112 valence electrons. The van der Waals surface area contributed by atoms with Crippen LogP contribution >= 0.6 is 0 Å². The molecule has 1 saturated carbocycles. The van der Waals surface area contributed by atoms with Gasteiger partial charge in [-0.05, 0) is 18.9 Å². The number of nitrogens with zero attached hydrogens (tertiary/aromatic N) is 1. The van der Waals surface area contributed by atoms with Gasteiger partial charge in [0.1, 0.15) is 0 Å². The lowest BCUT2D eigenvalue weighted by Gasteiger charge is -2.32. The SMILES string of the molecule is Cn1c(=O)cc(NCC2(O)CCCCC2)c2ccccc21. The highest BCUT2D eigenvalue weighted by Crippen LogP contribution is 2.29. The van der Waals surface area contributed by atoms with Crippen molar-refractivity contribution in [3.05, 3.63) is 40.7 Å². The van der Waals surface area contributed by atoms with Gasteiger partial charge in [-0.2, -0.15) is 0 Å². The molecule has 0 spiro atoms. The van der Waals surface area contributed by atoms with Gasteiger partial charge in [0.05, 0.1) is 11.1 Å². The van der Waals surface area contributed by atoms with Crippen molar-refractivity contribution in [3.8, 4) is 0 Å². The van der Waals surface area contributed by atoms with E-state index in [0.717, 1.165) is 42.3 Å². The maximum absolute atomic E-state index is 12.0. The summed E-state index contributed by atoms with van der Waals surface area (Å²) in [5.74, 6) is 0. The van der Waals surface area contributed by atoms with E-state index in [-0.39, 0.29) is 5.56 Å². The lowest BCUT2D eigenvalue weighted by Crippen LogP contribution is -2.39. The molecule has 2 N–H and O–H groups in total. The Bertz CT molecular complexity index is 699. The Hall–Kier alpha value is -1.81. The number of para-hydroxylation sites is 1. The molecule has 0 atom stereocenters. The van der Waals surface area contributed by atoms with Crippen molar-refractivity contribution in [2.75, 3.05) is 11.9 Å². The third-order valence-corrected chi connectivity index (χ3v) is 4.55. The first-order valence-electron chi connectivity index (χ1n) is 7.64. The number of benzene rings is 1. The molecule has 1 aromatic carbocycles. The Morgan fingerprint density at radius 1 is 1.24 bits per heavy atom. The van der Waals surface area contributed by atoms with Crippen LogP contribution in [-0.2, 0) is 7.05 Å². The van der Waals surface area contributed by atoms with Gasteiger partial charge in [-0.3, -0.25) is 4.79 Å². The quantitative estimate of drug-likeness (QED) is 0.912. The third-order valence-electron chi connectivity index (χ3n) is 4.55. The summed E-state index contributed by atoms with van der Waals surface area (Å²) < 4.78 is 1.65. The molecule has 1 aliphatic rings. The second-order valence-corrected chi connectivity index (χ2v) is 6.11. The fourth-order valence-corrected chi connectivity index (χ4v) is 3.20. The number of anilines is 1. The second kappa shape index (κ2) is 5.53. The maximum atomic E-state index is 12.0. The zero-order valence-electron chi connectivity index (χ0n) is 12.4.